The van der Waals surface area contributed by atoms with Crippen molar-refractivity contribution in [2.45, 2.75) is 24.6 Å². The minimum Gasteiger partial charge on any atom is -0.389 e. The van der Waals surface area contributed by atoms with Gasteiger partial charge in [-0.1, -0.05) is 0 Å². The van der Waals surface area contributed by atoms with E-state index in [9.17, 15) is 13.5 Å². The lowest BCUT2D eigenvalue weighted by atomic mass is 10.2. The van der Waals surface area contributed by atoms with E-state index in [1.165, 1.54) is 4.68 Å². The van der Waals surface area contributed by atoms with Gasteiger partial charge in [-0.2, -0.15) is 20.2 Å². The molecule has 1 fully saturated rings. The van der Waals surface area contributed by atoms with Crippen molar-refractivity contribution in [2.75, 3.05) is 24.7 Å². The SMILES string of the molecule is Cc1nn(-c2ccnc(Nc3ccc4c(c3)c(S(C)(=O)=O)nn4C)n2)cc1CN1C[C@H](O)CO1. The maximum atomic E-state index is 12.1. The van der Waals surface area contributed by atoms with Gasteiger partial charge in [0.2, 0.25) is 5.95 Å². The van der Waals surface area contributed by atoms with E-state index in [2.05, 4.69) is 25.5 Å². The van der Waals surface area contributed by atoms with E-state index in [-0.39, 0.29) is 5.03 Å². The van der Waals surface area contributed by atoms with E-state index in [1.54, 1.807) is 41.2 Å². The fourth-order valence-corrected chi connectivity index (χ4v) is 4.69. The number of anilines is 2. The van der Waals surface area contributed by atoms with Gasteiger partial charge >= 0.3 is 0 Å². The monoisotopic (exact) mass is 484 g/mol. The predicted molar refractivity (Wildman–Crippen MR) is 123 cm³/mol. The largest absolute Gasteiger partial charge is 0.389 e. The van der Waals surface area contributed by atoms with Gasteiger partial charge in [0, 0.05) is 48.4 Å². The maximum absolute atomic E-state index is 12.1. The second kappa shape index (κ2) is 8.43. The molecule has 1 aliphatic heterocycles. The van der Waals surface area contributed by atoms with Crippen LogP contribution in [0.5, 0.6) is 0 Å². The number of nitrogens with zero attached hydrogens (tertiary/aromatic N) is 7. The number of benzene rings is 1. The summed E-state index contributed by atoms with van der Waals surface area (Å²) in [6, 6.07) is 7.06. The molecule has 0 saturated carbocycles. The highest BCUT2D eigenvalue weighted by molar-refractivity contribution is 7.90. The molecule has 1 atom stereocenters. The second-order valence-electron chi connectivity index (χ2n) is 8.25. The van der Waals surface area contributed by atoms with E-state index < -0.39 is 15.9 Å². The molecule has 178 valence electrons. The van der Waals surface area contributed by atoms with Gasteiger partial charge in [0.1, 0.15) is 0 Å². The summed E-state index contributed by atoms with van der Waals surface area (Å²) in [6.45, 7) is 3.16. The molecule has 0 unspecified atom stereocenters. The van der Waals surface area contributed by atoms with Crippen LogP contribution in [-0.4, -0.2) is 73.6 Å². The van der Waals surface area contributed by atoms with Crippen LogP contribution in [0.1, 0.15) is 11.3 Å². The van der Waals surface area contributed by atoms with Crippen molar-refractivity contribution in [3.05, 3.63) is 47.9 Å². The highest BCUT2D eigenvalue weighted by Gasteiger charge is 2.23. The number of β-amino-alcohol motifs (C(OH)–C–C–N with tert-alkyl or cyclic N) is 1. The van der Waals surface area contributed by atoms with Crippen LogP contribution in [0, 0.1) is 6.92 Å². The fourth-order valence-electron chi connectivity index (χ4n) is 3.85. The maximum Gasteiger partial charge on any atom is 0.229 e. The summed E-state index contributed by atoms with van der Waals surface area (Å²) in [5, 5.41) is 23.7. The van der Waals surface area contributed by atoms with Crippen LogP contribution >= 0.6 is 0 Å². The molecular weight excluding hydrogens is 460 g/mol. The van der Waals surface area contributed by atoms with Gasteiger partial charge < -0.3 is 10.4 Å². The average molecular weight is 485 g/mol. The molecule has 5 rings (SSSR count). The number of aryl methyl sites for hydroxylation is 2. The fraction of sp³-hybridized carbons (Fsp3) is 0.333. The van der Waals surface area contributed by atoms with E-state index in [0.717, 1.165) is 17.5 Å². The molecule has 0 bridgehead atoms. The average Bonchev–Trinajstić information content (AvgIpc) is 3.46. The lowest BCUT2D eigenvalue weighted by molar-refractivity contribution is -0.118. The van der Waals surface area contributed by atoms with Crippen LogP contribution in [0.2, 0.25) is 0 Å². The Hall–Kier alpha value is -3.39. The molecule has 13 heteroatoms. The second-order valence-corrected chi connectivity index (χ2v) is 10.2. The number of fused-ring (bicyclic) bond motifs is 1. The van der Waals surface area contributed by atoms with Crippen molar-refractivity contribution in [2.24, 2.45) is 7.05 Å². The van der Waals surface area contributed by atoms with Gasteiger partial charge in [0.05, 0.1) is 37.0 Å². The summed E-state index contributed by atoms with van der Waals surface area (Å²) in [7, 11) is -1.78. The van der Waals surface area contributed by atoms with Gasteiger partial charge in [-0.15, -0.1) is 0 Å². The summed E-state index contributed by atoms with van der Waals surface area (Å²) in [4.78, 5) is 14.3. The van der Waals surface area contributed by atoms with Gasteiger partial charge in [-0.05, 0) is 25.1 Å². The number of sulfone groups is 1. The molecule has 4 heterocycles. The Balaban J connectivity index is 1.40. The zero-order chi connectivity index (χ0) is 24.0. The molecule has 0 amide bonds. The lowest BCUT2D eigenvalue weighted by Gasteiger charge is -2.12. The first-order valence-electron chi connectivity index (χ1n) is 10.6. The third-order valence-corrected chi connectivity index (χ3v) is 6.51. The first kappa shape index (κ1) is 22.4. The molecule has 34 heavy (non-hydrogen) atoms. The molecular formula is C21H24N8O4S. The number of hydrogen-bond acceptors (Lipinski definition) is 10. The summed E-state index contributed by atoms with van der Waals surface area (Å²) >= 11 is 0. The number of hydroxylamine groups is 2. The van der Waals surface area contributed by atoms with Crippen molar-refractivity contribution >= 4 is 32.4 Å². The minimum absolute atomic E-state index is 0.0253. The van der Waals surface area contributed by atoms with Gasteiger partial charge in [0.25, 0.3) is 0 Å². The Morgan fingerprint density at radius 2 is 2.09 bits per heavy atom. The first-order chi connectivity index (χ1) is 16.2. The zero-order valence-electron chi connectivity index (χ0n) is 18.9. The van der Waals surface area contributed by atoms with Crippen molar-refractivity contribution in [1.82, 2.24) is 34.6 Å². The molecule has 2 N–H and O–H groups in total. The van der Waals surface area contributed by atoms with Gasteiger partial charge in [0.15, 0.2) is 20.7 Å². The van der Waals surface area contributed by atoms with Crippen LogP contribution in [0.25, 0.3) is 16.7 Å². The Bertz CT molecular complexity index is 1480. The van der Waals surface area contributed by atoms with Crippen molar-refractivity contribution in [3.63, 3.8) is 0 Å². The number of nitrogens with one attached hydrogen (secondary N) is 1. The topological polar surface area (TPSA) is 140 Å². The molecule has 1 aromatic carbocycles. The Labute approximate surface area is 195 Å². The highest BCUT2D eigenvalue weighted by Crippen LogP contribution is 2.26. The molecule has 0 spiro atoms. The number of hydrogen-bond donors (Lipinski definition) is 2. The molecule has 1 aliphatic rings. The number of aliphatic hydroxyl groups is 1. The molecule has 12 nitrogen and oxygen atoms in total. The smallest absolute Gasteiger partial charge is 0.229 e. The van der Waals surface area contributed by atoms with Crippen LogP contribution in [0.15, 0.2) is 41.7 Å². The van der Waals surface area contributed by atoms with Crippen LogP contribution < -0.4 is 5.32 Å². The van der Waals surface area contributed by atoms with Crippen molar-refractivity contribution < 1.29 is 18.4 Å². The van der Waals surface area contributed by atoms with Crippen molar-refractivity contribution in [3.8, 4) is 5.82 Å². The number of aromatic nitrogens is 6. The molecule has 3 aromatic heterocycles. The highest BCUT2D eigenvalue weighted by atomic mass is 32.2. The summed E-state index contributed by atoms with van der Waals surface area (Å²) in [5.41, 5.74) is 3.12. The summed E-state index contributed by atoms with van der Waals surface area (Å²) in [5.74, 6) is 0.899. The minimum atomic E-state index is -3.48. The van der Waals surface area contributed by atoms with Crippen LogP contribution in [0.4, 0.5) is 11.6 Å². The molecule has 1 saturated heterocycles. The summed E-state index contributed by atoms with van der Waals surface area (Å²) in [6.07, 6.45) is 4.14. The number of rotatable bonds is 6. The lowest BCUT2D eigenvalue weighted by Crippen LogP contribution is -2.20. The van der Waals surface area contributed by atoms with Gasteiger partial charge in [-0.3, -0.25) is 9.52 Å². The molecule has 0 aliphatic carbocycles. The zero-order valence-corrected chi connectivity index (χ0v) is 19.7. The molecule has 4 aromatic rings. The Morgan fingerprint density at radius 3 is 2.82 bits per heavy atom. The van der Waals surface area contributed by atoms with Crippen LogP contribution in [-0.2, 0) is 28.3 Å². The number of aliphatic hydroxyl groups excluding tert-OH is 1. The van der Waals surface area contributed by atoms with E-state index in [0.29, 0.717) is 48.1 Å². The van der Waals surface area contributed by atoms with Crippen LogP contribution in [0.3, 0.4) is 0 Å². The first-order valence-corrected chi connectivity index (χ1v) is 12.4. The van der Waals surface area contributed by atoms with E-state index in [4.69, 9.17) is 4.84 Å². The van der Waals surface area contributed by atoms with E-state index in [1.807, 2.05) is 19.2 Å². The summed E-state index contributed by atoms with van der Waals surface area (Å²) < 4.78 is 27.5. The van der Waals surface area contributed by atoms with Crippen molar-refractivity contribution in [1.29, 1.82) is 0 Å². The van der Waals surface area contributed by atoms with Gasteiger partial charge in [-0.25, -0.2) is 18.1 Å². The Kier molecular flexibility index (Phi) is 5.56. The van der Waals surface area contributed by atoms with E-state index >= 15 is 0 Å². The quantitative estimate of drug-likeness (QED) is 0.409. The third-order valence-electron chi connectivity index (χ3n) is 5.51. The predicted octanol–water partition coefficient (Wildman–Crippen LogP) is 1.11. The Morgan fingerprint density at radius 1 is 1.26 bits per heavy atom. The third kappa shape index (κ3) is 4.37. The standard InChI is InChI=1S/C21H24N8O4S/c1-13-14(9-28-11-16(30)12-33-28)10-29(25-13)19-6-7-22-21(24-19)23-15-4-5-18-17(8-15)20(26-27(18)2)34(3,31)32/h4-8,10,16,30H,9,11-12H2,1-3H3,(H,22,23,24)/t16-/m0/s1. The molecule has 0 radical (unpaired) electrons. The normalized spacial score (nSPS) is 17.0.